The van der Waals surface area contributed by atoms with Gasteiger partial charge in [0.1, 0.15) is 5.82 Å². The molecular weight excluding hydrogens is 324 g/mol. The first kappa shape index (κ1) is 16.5. The molecule has 0 unspecified atom stereocenters. The third-order valence-electron chi connectivity index (χ3n) is 4.84. The molecule has 1 radical (unpaired) electrons. The van der Waals surface area contributed by atoms with Gasteiger partial charge in [-0.15, -0.1) is 0 Å². The Labute approximate surface area is 153 Å². The molecule has 0 atom stereocenters. The van der Waals surface area contributed by atoms with Gasteiger partial charge in [0, 0.05) is 55.5 Å². The van der Waals surface area contributed by atoms with Crippen molar-refractivity contribution in [3.8, 4) is 5.69 Å². The predicted octanol–water partition coefficient (Wildman–Crippen LogP) is 2.65. The van der Waals surface area contributed by atoms with Crippen molar-refractivity contribution in [3.63, 3.8) is 0 Å². The summed E-state index contributed by atoms with van der Waals surface area (Å²) < 4.78 is 2.15. The first-order valence-corrected chi connectivity index (χ1v) is 8.87. The van der Waals surface area contributed by atoms with Crippen LogP contribution in [0.15, 0.2) is 67.0 Å². The molecule has 0 spiro atoms. The molecule has 4 rings (SSSR count). The summed E-state index contributed by atoms with van der Waals surface area (Å²) in [6.07, 6.45) is 5.81. The van der Waals surface area contributed by atoms with Crippen LogP contribution in [0.2, 0.25) is 0 Å². The lowest BCUT2D eigenvalue weighted by molar-refractivity contribution is 0.243. The number of anilines is 1. The quantitative estimate of drug-likeness (QED) is 0.713. The number of piperazine rings is 1. The molecule has 1 aliphatic heterocycles. The zero-order chi connectivity index (χ0) is 17.8. The summed E-state index contributed by atoms with van der Waals surface area (Å²) in [7, 11) is 0. The van der Waals surface area contributed by atoms with E-state index in [1.807, 2.05) is 61.1 Å². The van der Waals surface area contributed by atoms with E-state index in [1.54, 1.807) is 0 Å². The number of imidazole rings is 1. The van der Waals surface area contributed by atoms with Crippen molar-refractivity contribution in [2.75, 3.05) is 31.1 Å². The molecule has 0 N–H and O–H groups in total. The second kappa shape index (κ2) is 7.54. The highest BCUT2D eigenvalue weighted by atomic mass is 16.1. The maximum absolute atomic E-state index is 10.7. The van der Waals surface area contributed by atoms with Crippen molar-refractivity contribution in [2.24, 2.45) is 0 Å². The topological polar surface area (TPSA) is 41.4 Å². The highest BCUT2D eigenvalue weighted by Crippen LogP contribution is 2.18. The van der Waals surface area contributed by atoms with Gasteiger partial charge in [-0.05, 0) is 36.4 Å². The van der Waals surface area contributed by atoms with Crippen LogP contribution >= 0.6 is 0 Å². The van der Waals surface area contributed by atoms with E-state index >= 15 is 0 Å². The minimum atomic E-state index is 0.597. The Hall–Kier alpha value is -2.92. The largest absolute Gasteiger partial charge is 0.369 e. The van der Waals surface area contributed by atoms with Crippen LogP contribution in [0.4, 0.5) is 5.69 Å². The number of hydrogen-bond acceptors (Lipinski definition) is 4. The van der Waals surface area contributed by atoms with Gasteiger partial charge in [-0.3, -0.25) is 9.69 Å². The van der Waals surface area contributed by atoms with E-state index in [0.29, 0.717) is 5.56 Å². The van der Waals surface area contributed by atoms with Crippen LogP contribution in [0.3, 0.4) is 0 Å². The van der Waals surface area contributed by atoms with Gasteiger partial charge in [0.15, 0.2) is 0 Å². The summed E-state index contributed by atoms with van der Waals surface area (Å²) in [5, 5.41) is 0. The van der Waals surface area contributed by atoms with Gasteiger partial charge in [0.25, 0.3) is 0 Å². The summed E-state index contributed by atoms with van der Waals surface area (Å²) in [5.41, 5.74) is 2.90. The summed E-state index contributed by atoms with van der Waals surface area (Å²) >= 11 is 0. The van der Waals surface area contributed by atoms with Crippen LogP contribution < -0.4 is 4.90 Å². The van der Waals surface area contributed by atoms with Crippen LogP contribution in [0, 0.1) is 0 Å². The Bertz CT molecular complexity index is 849. The number of nitrogens with zero attached hydrogens (tertiary/aromatic N) is 4. The summed E-state index contributed by atoms with van der Waals surface area (Å²) in [5.74, 6) is 1.07. The van der Waals surface area contributed by atoms with E-state index in [-0.39, 0.29) is 0 Å². The normalized spacial score (nSPS) is 15.2. The summed E-state index contributed by atoms with van der Waals surface area (Å²) in [4.78, 5) is 20.0. The van der Waals surface area contributed by atoms with Gasteiger partial charge in [-0.2, -0.15) is 0 Å². The Kier molecular flexibility index (Phi) is 4.80. The minimum Gasteiger partial charge on any atom is -0.369 e. The second-order valence-corrected chi connectivity index (χ2v) is 6.46. The molecule has 1 aromatic heterocycles. The first-order chi connectivity index (χ1) is 12.8. The molecule has 0 saturated carbocycles. The Balaban J connectivity index is 1.39. The molecule has 5 heteroatoms. The average Bonchev–Trinajstić information content (AvgIpc) is 3.17. The molecule has 3 aromatic rings. The Morgan fingerprint density at radius 3 is 2.31 bits per heavy atom. The standard InChI is InChI=1S/C21H21N4O/c26-17-18-6-8-19(9-7-18)24-14-12-23(13-15-24)16-21-22-10-11-25(21)20-4-2-1-3-5-20/h1-11H,12-16H2. The zero-order valence-electron chi connectivity index (χ0n) is 14.6. The summed E-state index contributed by atoms with van der Waals surface area (Å²) in [6, 6.07) is 18.0. The van der Waals surface area contributed by atoms with Crippen LogP contribution in [0.25, 0.3) is 5.69 Å². The van der Waals surface area contributed by atoms with Crippen molar-refractivity contribution < 1.29 is 4.79 Å². The van der Waals surface area contributed by atoms with Gasteiger partial charge >= 0.3 is 0 Å². The molecule has 0 bridgehead atoms. The summed E-state index contributed by atoms with van der Waals surface area (Å²) in [6.45, 7) is 4.76. The Morgan fingerprint density at radius 2 is 1.62 bits per heavy atom. The van der Waals surface area contributed by atoms with Gasteiger partial charge in [-0.1, -0.05) is 18.2 Å². The van der Waals surface area contributed by atoms with E-state index in [0.717, 1.165) is 49.9 Å². The van der Waals surface area contributed by atoms with E-state index in [4.69, 9.17) is 0 Å². The number of aromatic nitrogens is 2. The fraction of sp³-hybridized carbons (Fsp3) is 0.238. The minimum absolute atomic E-state index is 0.597. The van der Waals surface area contributed by atoms with E-state index in [1.165, 1.54) is 0 Å². The predicted molar refractivity (Wildman–Crippen MR) is 102 cm³/mol. The van der Waals surface area contributed by atoms with E-state index < -0.39 is 0 Å². The monoisotopic (exact) mass is 345 g/mol. The van der Waals surface area contributed by atoms with Gasteiger partial charge in [-0.25, -0.2) is 4.98 Å². The highest BCUT2D eigenvalue weighted by molar-refractivity contribution is 5.76. The molecule has 0 amide bonds. The second-order valence-electron chi connectivity index (χ2n) is 6.46. The third-order valence-corrected chi connectivity index (χ3v) is 4.84. The maximum Gasteiger partial charge on any atom is 0.233 e. The van der Waals surface area contributed by atoms with Crippen LogP contribution in [-0.4, -0.2) is 46.9 Å². The number of hydrogen-bond donors (Lipinski definition) is 0. The lowest BCUT2D eigenvalue weighted by Crippen LogP contribution is -2.46. The Morgan fingerprint density at radius 1 is 0.885 bits per heavy atom. The molecule has 2 aromatic carbocycles. The van der Waals surface area contributed by atoms with Gasteiger partial charge in [0.2, 0.25) is 6.29 Å². The molecule has 2 heterocycles. The molecule has 26 heavy (non-hydrogen) atoms. The molecule has 1 aliphatic rings. The van der Waals surface area contributed by atoms with Crippen molar-refractivity contribution >= 4 is 12.0 Å². The third kappa shape index (κ3) is 3.53. The zero-order valence-corrected chi connectivity index (χ0v) is 14.6. The van der Waals surface area contributed by atoms with Crippen molar-refractivity contribution in [2.45, 2.75) is 6.54 Å². The number of para-hydroxylation sites is 1. The van der Waals surface area contributed by atoms with Crippen molar-refractivity contribution in [3.05, 3.63) is 78.4 Å². The molecular formula is C21H21N4O. The maximum atomic E-state index is 10.7. The SMILES string of the molecule is O=[C]c1ccc(N2CCN(Cc3nccn3-c3ccccc3)CC2)cc1. The first-order valence-electron chi connectivity index (χ1n) is 8.87. The number of rotatable bonds is 5. The highest BCUT2D eigenvalue weighted by Gasteiger charge is 2.19. The lowest BCUT2D eigenvalue weighted by atomic mass is 10.2. The van der Waals surface area contributed by atoms with Crippen molar-refractivity contribution in [1.82, 2.24) is 14.5 Å². The molecule has 1 fully saturated rings. The lowest BCUT2D eigenvalue weighted by Gasteiger charge is -2.36. The van der Waals surface area contributed by atoms with Crippen LogP contribution in [0.5, 0.6) is 0 Å². The average molecular weight is 345 g/mol. The van der Waals surface area contributed by atoms with Gasteiger partial charge in [0.05, 0.1) is 6.54 Å². The molecule has 5 nitrogen and oxygen atoms in total. The van der Waals surface area contributed by atoms with Gasteiger partial charge < -0.3 is 9.47 Å². The smallest absolute Gasteiger partial charge is 0.233 e. The van der Waals surface area contributed by atoms with Crippen LogP contribution in [0.1, 0.15) is 11.4 Å². The van der Waals surface area contributed by atoms with Crippen molar-refractivity contribution in [1.29, 1.82) is 0 Å². The number of carbonyl (C=O) groups excluding carboxylic acids is 1. The van der Waals surface area contributed by atoms with E-state index in [9.17, 15) is 4.79 Å². The number of benzene rings is 2. The van der Waals surface area contributed by atoms with Crippen LogP contribution in [-0.2, 0) is 11.3 Å². The molecule has 131 valence electrons. The molecule has 1 saturated heterocycles. The fourth-order valence-corrected chi connectivity index (χ4v) is 3.38. The fourth-order valence-electron chi connectivity index (χ4n) is 3.38. The molecule has 0 aliphatic carbocycles. The van der Waals surface area contributed by atoms with E-state index in [2.05, 4.69) is 31.5 Å².